The molecule has 0 saturated carbocycles. The molecule has 1 saturated heterocycles. The maximum absolute atomic E-state index is 5.93. The Bertz CT molecular complexity index is 543. The molecule has 102 valence electrons. The second-order valence-corrected chi connectivity index (χ2v) is 6.06. The monoisotopic (exact) mass is 259 g/mol. The Morgan fingerprint density at radius 1 is 1.42 bits per heavy atom. The third-order valence-electron chi connectivity index (χ3n) is 3.45. The van der Waals surface area contributed by atoms with Gasteiger partial charge in [0.25, 0.3) is 0 Å². The number of ether oxygens (including phenoxy) is 1. The van der Waals surface area contributed by atoms with Crippen LogP contribution in [-0.2, 0) is 11.3 Å². The first kappa shape index (κ1) is 12.6. The van der Waals surface area contributed by atoms with Gasteiger partial charge in [-0.05, 0) is 32.9 Å². The highest BCUT2D eigenvalue weighted by molar-refractivity contribution is 5.74. The van der Waals surface area contributed by atoms with Gasteiger partial charge in [0.1, 0.15) is 5.82 Å². The lowest BCUT2D eigenvalue weighted by Gasteiger charge is -2.41. The van der Waals surface area contributed by atoms with Crippen LogP contribution in [-0.4, -0.2) is 39.7 Å². The molecule has 0 radical (unpaired) electrons. The van der Waals surface area contributed by atoms with Crippen LogP contribution in [0.3, 0.4) is 0 Å². The van der Waals surface area contributed by atoms with Gasteiger partial charge in [-0.1, -0.05) is 12.1 Å². The number of aromatic amines is 1. The fourth-order valence-electron chi connectivity index (χ4n) is 3.00. The van der Waals surface area contributed by atoms with Gasteiger partial charge < -0.3 is 9.72 Å². The quantitative estimate of drug-likeness (QED) is 0.901. The third kappa shape index (κ3) is 2.80. The van der Waals surface area contributed by atoms with E-state index in [2.05, 4.69) is 41.7 Å². The predicted octanol–water partition coefficient (Wildman–Crippen LogP) is 2.56. The molecule has 0 spiro atoms. The van der Waals surface area contributed by atoms with Crippen molar-refractivity contribution >= 4 is 11.0 Å². The van der Waals surface area contributed by atoms with E-state index in [9.17, 15) is 0 Å². The van der Waals surface area contributed by atoms with Crippen LogP contribution < -0.4 is 0 Å². The molecule has 4 nitrogen and oxygen atoms in total. The third-order valence-corrected chi connectivity index (χ3v) is 3.45. The van der Waals surface area contributed by atoms with Gasteiger partial charge in [-0.15, -0.1) is 0 Å². The van der Waals surface area contributed by atoms with E-state index >= 15 is 0 Å². The smallest absolute Gasteiger partial charge is 0.121 e. The van der Waals surface area contributed by atoms with Crippen LogP contribution in [0.25, 0.3) is 11.0 Å². The zero-order valence-electron chi connectivity index (χ0n) is 11.8. The molecule has 3 rings (SSSR count). The van der Waals surface area contributed by atoms with Gasteiger partial charge in [0, 0.05) is 13.1 Å². The number of morpholine rings is 1. The van der Waals surface area contributed by atoms with Gasteiger partial charge in [0.15, 0.2) is 0 Å². The highest BCUT2D eigenvalue weighted by atomic mass is 16.5. The minimum atomic E-state index is -0.0797. The summed E-state index contributed by atoms with van der Waals surface area (Å²) in [4.78, 5) is 10.4. The highest BCUT2D eigenvalue weighted by Gasteiger charge is 2.31. The Labute approximate surface area is 113 Å². The van der Waals surface area contributed by atoms with Crippen molar-refractivity contribution in [3.8, 4) is 0 Å². The van der Waals surface area contributed by atoms with E-state index in [1.54, 1.807) is 0 Å². The number of H-pyrrole nitrogens is 1. The molecule has 4 heteroatoms. The maximum atomic E-state index is 5.93. The second kappa shape index (κ2) is 4.62. The minimum absolute atomic E-state index is 0.0797. The number of nitrogens with one attached hydrogen (secondary N) is 1. The van der Waals surface area contributed by atoms with E-state index in [1.165, 1.54) is 0 Å². The summed E-state index contributed by atoms with van der Waals surface area (Å²) in [6, 6.07) is 8.16. The number of fused-ring (bicyclic) bond motifs is 1. The van der Waals surface area contributed by atoms with Gasteiger partial charge in [0.05, 0.1) is 29.3 Å². The molecular weight excluding hydrogens is 238 g/mol. The lowest BCUT2D eigenvalue weighted by atomic mass is 10.1. The van der Waals surface area contributed by atoms with Crippen molar-refractivity contribution in [3.63, 3.8) is 0 Å². The number of hydrogen-bond donors (Lipinski definition) is 1. The predicted molar refractivity (Wildman–Crippen MR) is 76.0 cm³/mol. The number of imidazole rings is 1. The molecule has 1 N–H and O–H groups in total. The van der Waals surface area contributed by atoms with Crippen molar-refractivity contribution in [3.05, 3.63) is 30.1 Å². The molecule has 0 amide bonds. The maximum Gasteiger partial charge on any atom is 0.121 e. The largest absolute Gasteiger partial charge is 0.370 e. The lowest BCUT2D eigenvalue weighted by Crippen LogP contribution is -2.51. The van der Waals surface area contributed by atoms with E-state index in [0.29, 0.717) is 0 Å². The molecule has 1 aliphatic heterocycles. The highest BCUT2D eigenvalue weighted by Crippen LogP contribution is 2.22. The van der Waals surface area contributed by atoms with Crippen molar-refractivity contribution < 1.29 is 4.74 Å². The Kier molecular flexibility index (Phi) is 3.07. The molecule has 19 heavy (non-hydrogen) atoms. The summed E-state index contributed by atoms with van der Waals surface area (Å²) in [5.74, 6) is 1.03. The second-order valence-electron chi connectivity index (χ2n) is 6.06. The van der Waals surface area contributed by atoms with Crippen molar-refractivity contribution in [1.82, 2.24) is 14.9 Å². The number of rotatable bonds is 2. The average Bonchev–Trinajstić information content (AvgIpc) is 2.67. The molecular formula is C15H21N3O. The summed E-state index contributed by atoms with van der Waals surface area (Å²) in [6.07, 6.45) is 0.271. The van der Waals surface area contributed by atoms with E-state index in [1.807, 2.05) is 18.2 Å². The topological polar surface area (TPSA) is 41.2 Å². The van der Waals surface area contributed by atoms with E-state index in [0.717, 1.165) is 36.5 Å². The summed E-state index contributed by atoms with van der Waals surface area (Å²) in [5.41, 5.74) is 2.07. The number of nitrogens with zero attached hydrogens (tertiary/aromatic N) is 2. The van der Waals surface area contributed by atoms with E-state index in [4.69, 9.17) is 4.74 Å². The van der Waals surface area contributed by atoms with Gasteiger partial charge in [0.2, 0.25) is 0 Å². The van der Waals surface area contributed by atoms with E-state index < -0.39 is 0 Å². The van der Waals surface area contributed by atoms with Crippen LogP contribution in [0.4, 0.5) is 0 Å². The van der Waals surface area contributed by atoms with Crippen molar-refractivity contribution in [2.45, 2.75) is 39.0 Å². The van der Waals surface area contributed by atoms with Gasteiger partial charge in [-0.2, -0.15) is 0 Å². The molecule has 1 aromatic heterocycles. The Morgan fingerprint density at radius 2 is 2.21 bits per heavy atom. The first-order valence-electron chi connectivity index (χ1n) is 6.86. The fraction of sp³-hybridized carbons (Fsp3) is 0.533. The Hall–Kier alpha value is -1.39. The van der Waals surface area contributed by atoms with Crippen molar-refractivity contribution in [2.24, 2.45) is 0 Å². The summed E-state index contributed by atoms with van der Waals surface area (Å²) < 4.78 is 5.93. The molecule has 1 aliphatic rings. The molecule has 0 bridgehead atoms. The summed E-state index contributed by atoms with van der Waals surface area (Å²) in [7, 11) is 0. The van der Waals surface area contributed by atoms with Crippen LogP contribution in [0, 0.1) is 0 Å². The number of para-hydroxylation sites is 2. The van der Waals surface area contributed by atoms with Gasteiger partial charge in [-0.3, -0.25) is 4.90 Å². The molecule has 1 aromatic carbocycles. The summed E-state index contributed by atoms with van der Waals surface area (Å²) >= 11 is 0. The number of aromatic nitrogens is 2. The van der Waals surface area contributed by atoms with Crippen LogP contribution in [0.5, 0.6) is 0 Å². The van der Waals surface area contributed by atoms with Crippen LogP contribution in [0.2, 0.25) is 0 Å². The average molecular weight is 259 g/mol. The summed E-state index contributed by atoms with van der Waals surface area (Å²) in [5, 5.41) is 0. The molecule has 1 atom stereocenters. The van der Waals surface area contributed by atoms with Crippen molar-refractivity contribution in [1.29, 1.82) is 0 Å². The lowest BCUT2D eigenvalue weighted by molar-refractivity contribution is -0.131. The number of benzene rings is 1. The summed E-state index contributed by atoms with van der Waals surface area (Å²) in [6.45, 7) is 9.18. The van der Waals surface area contributed by atoms with Gasteiger partial charge in [-0.25, -0.2) is 4.98 Å². The molecule has 2 heterocycles. The normalized spacial score (nSPS) is 23.8. The molecule has 0 aliphatic carbocycles. The van der Waals surface area contributed by atoms with Gasteiger partial charge >= 0.3 is 0 Å². The van der Waals surface area contributed by atoms with Crippen LogP contribution >= 0.6 is 0 Å². The molecule has 2 aromatic rings. The number of hydrogen-bond acceptors (Lipinski definition) is 3. The molecule has 1 fully saturated rings. The van der Waals surface area contributed by atoms with Crippen molar-refractivity contribution in [2.75, 3.05) is 13.1 Å². The first-order chi connectivity index (χ1) is 9.02. The standard InChI is InChI=1S/C15H21N3O/c1-11-8-18(10-15(2,3)19-11)9-14-16-12-6-4-5-7-13(12)17-14/h4-7,11H,8-10H2,1-3H3,(H,16,17). The zero-order chi connectivity index (χ0) is 13.5. The van der Waals surface area contributed by atoms with E-state index in [-0.39, 0.29) is 11.7 Å². The minimum Gasteiger partial charge on any atom is -0.370 e. The van der Waals surface area contributed by atoms with Crippen LogP contribution in [0.1, 0.15) is 26.6 Å². The first-order valence-corrected chi connectivity index (χ1v) is 6.86. The zero-order valence-corrected chi connectivity index (χ0v) is 11.8. The fourth-order valence-corrected chi connectivity index (χ4v) is 3.00. The SMILES string of the molecule is CC1CN(Cc2nc3ccccc3[nH]2)CC(C)(C)O1. The molecule has 1 unspecified atom stereocenters. The Balaban J connectivity index is 1.77. The van der Waals surface area contributed by atoms with Crippen LogP contribution in [0.15, 0.2) is 24.3 Å². The Morgan fingerprint density at radius 3 is 2.95 bits per heavy atom.